The molecule has 0 saturated carbocycles. The number of likely N-dealkylation sites (tertiary alicyclic amines) is 1. The molecule has 0 radical (unpaired) electrons. The van der Waals surface area contributed by atoms with Crippen LogP contribution in [0.4, 0.5) is 0 Å². The van der Waals surface area contributed by atoms with Crippen molar-refractivity contribution in [1.29, 1.82) is 0 Å². The van der Waals surface area contributed by atoms with Crippen molar-refractivity contribution in [3.63, 3.8) is 0 Å². The third kappa shape index (κ3) is 2.92. The number of aliphatic hydroxyl groups excluding tert-OH is 1. The average Bonchev–Trinajstić information content (AvgIpc) is 2.37. The van der Waals surface area contributed by atoms with E-state index in [4.69, 9.17) is 5.11 Å². The SMILES string of the molecule is CCC#CCN1CC[C@@H](O)C1. The van der Waals surface area contributed by atoms with Crippen LogP contribution in [-0.2, 0) is 0 Å². The molecule has 0 spiro atoms. The quantitative estimate of drug-likeness (QED) is 0.553. The maximum Gasteiger partial charge on any atom is 0.0679 e. The fraction of sp³-hybridized carbons (Fsp3) is 0.778. The Morgan fingerprint density at radius 3 is 2.91 bits per heavy atom. The molecule has 2 heteroatoms. The molecule has 1 heterocycles. The van der Waals surface area contributed by atoms with Gasteiger partial charge < -0.3 is 5.11 Å². The second-order valence-electron chi connectivity index (χ2n) is 2.88. The lowest BCUT2D eigenvalue weighted by atomic mass is 10.3. The monoisotopic (exact) mass is 153 g/mol. The van der Waals surface area contributed by atoms with Gasteiger partial charge in [0.05, 0.1) is 12.6 Å². The van der Waals surface area contributed by atoms with E-state index in [9.17, 15) is 0 Å². The molecule has 0 aromatic rings. The van der Waals surface area contributed by atoms with Crippen LogP contribution in [0.3, 0.4) is 0 Å². The summed E-state index contributed by atoms with van der Waals surface area (Å²) in [5.74, 6) is 6.08. The summed E-state index contributed by atoms with van der Waals surface area (Å²) in [6.45, 7) is 4.68. The molecular weight excluding hydrogens is 138 g/mol. The summed E-state index contributed by atoms with van der Waals surface area (Å²) < 4.78 is 0. The van der Waals surface area contributed by atoms with E-state index in [0.29, 0.717) is 0 Å². The van der Waals surface area contributed by atoms with Crippen molar-refractivity contribution < 1.29 is 5.11 Å². The van der Waals surface area contributed by atoms with E-state index in [0.717, 1.165) is 32.5 Å². The van der Waals surface area contributed by atoms with Gasteiger partial charge in [0, 0.05) is 19.5 Å². The van der Waals surface area contributed by atoms with Gasteiger partial charge in [0.2, 0.25) is 0 Å². The Bertz CT molecular complexity index is 168. The summed E-state index contributed by atoms with van der Waals surface area (Å²) in [6.07, 6.45) is 1.72. The van der Waals surface area contributed by atoms with E-state index < -0.39 is 0 Å². The lowest BCUT2D eigenvalue weighted by Crippen LogP contribution is -2.22. The minimum atomic E-state index is -0.113. The molecule has 2 nitrogen and oxygen atoms in total. The standard InChI is InChI=1S/C9H15NO/c1-2-3-4-6-10-7-5-9(11)8-10/h9,11H,2,5-8H2,1H3/t9-/m1/s1. The number of hydrogen-bond donors (Lipinski definition) is 1. The Balaban J connectivity index is 2.18. The van der Waals surface area contributed by atoms with Gasteiger partial charge in [-0.1, -0.05) is 12.8 Å². The lowest BCUT2D eigenvalue weighted by Gasteiger charge is -2.08. The second kappa shape index (κ2) is 4.38. The summed E-state index contributed by atoms with van der Waals surface area (Å²) in [6, 6.07) is 0. The molecule has 1 aliphatic rings. The first-order chi connectivity index (χ1) is 5.33. The van der Waals surface area contributed by atoms with E-state index in [-0.39, 0.29) is 6.10 Å². The van der Waals surface area contributed by atoms with Crippen LogP contribution in [0, 0.1) is 11.8 Å². The Kier molecular flexibility index (Phi) is 3.41. The zero-order chi connectivity index (χ0) is 8.10. The summed E-state index contributed by atoms with van der Waals surface area (Å²) in [5.41, 5.74) is 0. The Morgan fingerprint density at radius 2 is 2.36 bits per heavy atom. The van der Waals surface area contributed by atoms with Gasteiger partial charge in [-0.15, -0.1) is 5.92 Å². The van der Waals surface area contributed by atoms with Gasteiger partial charge in [-0.05, 0) is 6.42 Å². The van der Waals surface area contributed by atoms with E-state index in [2.05, 4.69) is 16.7 Å². The van der Waals surface area contributed by atoms with Crippen molar-refractivity contribution in [2.45, 2.75) is 25.9 Å². The third-order valence-corrected chi connectivity index (χ3v) is 1.85. The lowest BCUT2D eigenvalue weighted by molar-refractivity contribution is 0.180. The minimum Gasteiger partial charge on any atom is -0.392 e. The molecule has 0 amide bonds. The van der Waals surface area contributed by atoms with E-state index >= 15 is 0 Å². The Morgan fingerprint density at radius 1 is 1.55 bits per heavy atom. The van der Waals surface area contributed by atoms with Gasteiger partial charge in [-0.3, -0.25) is 4.90 Å². The molecule has 62 valence electrons. The van der Waals surface area contributed by atoms with Crippen LogP contribution in [0.1, 0.15) is 19.8 Å². The summed E-state index contributed by atoms with van der Waals surface area (Å²) in [5, 5.41) is 9.17. The molecule has 11 heavy (non-hydrogen) atoms. The van der Waals surface area contributed by atoms with Crippen molar-refractivity contribution in [3.05, 3.63) is 0 Å². The zero-order valence-corrected chi connectivity index (χ0v) is 7.01. The number of β-amino-alcohol motifs (C(OH)–C–C–N with tert-alkyl or cyclic N) is 1. The van der Waals surface area contributed by atoms with Gasteiger partial charge >= 0.3 is 0 Å². The third-order valence-electron chi connectivity index (χ3n) is 1.85. The first-order valence-corrected chi connectivity index (χ1v) is 4.19. The zero-order valence-electron chi connectivity index (χ0n) is 7.01. The average molecular weight is 153 g/mol. The maximum atomic E-state index is 9.17. The van der Waals surface area contributed by atoms with Gasteiger partial charge in [-0.2, -0.15) is 0 Å². The van der Waals surface area contributed by atoms with Crippen molar-refractivity contribution in [2.24, 2.45) is 0 Å². The molecular formula is C9H15NO. The van der Waals surface area contributed by atoms with E-state index in [1.54, 1.807) is 0 Å². The van der Waals surface area contributed by atoms with Crippen LogP contribution in [0.2, 0.25) is 0 Å². The Hall–Kier alpha value is -0.520. The van der Waals surface area contributed by atoms with Crippen LogP contribution in [0.5, 0.6) is 0 Å². The molecule has 1 fully saturated rings. The minimum absolute atomic E-state index is 0.113. The highest BCUT2D eigenvalue weighted by Gasteiger charge is 2.18. The molecule has 1 atom stereocenters. The predicted molar refractivity (Wildman–Crippen MR) is 45.1 cm³/mol. The Labute approximate surface area is 68.2 Å². The topological polar surface area (TPSA) is 23.5 Å². The van der Waals surface area contributed by atoms with Gasteiger partial charge in [0.15, 0.2) is 0 Å². The first kappa shape index (κ1) is 8.58. The van der Waals surface area contributed by atoms with Crippen LogP contribution in [-0.4, -0.2) is 35.7 Å². The molecule has 0 bridgehead atoms. The highest BCUT2D eigenvalue weighted by molar-refractivity contribution is 5.01. The molecule has 1 rings (SSSR count). The molecule has 1 aliphatic heterocycles. The van der Waals surface area contributed by atoms with Crippen LogP contribution in [0.15, 0.2) is 0 Å². The smallest absolute Gasteiger partial charge is 0.0679 e. The predicted octanol–water partition coefficient (Wildman–Crippen LogP) is 0.466. The number of hydrogen-bond acceptors (Lipinski definition) is 2. The highest BCUT2D eigenvalue weighted by atomic mass is 16.3. The number of rotatable bonds is 1. The van der Waals surface area contributed by atoms with Crippen LogP contribution < -0.4 is 0 Å². The summed E-state index contributed by atoms with van der Waals surface area (Å²) in [7, 11) is 0. The molecule has 1 N–H and O–H groups in total. The normalized spacial score (nSPS) is 24.7. The van der Waals surface area contributed by atoms with Crippen molar-refractivity contribution in [2.75, 3.05) is 19.6 Å². The van der Waals surface area contributed by atoms with E-state index in [1.165, 1.54) is 0 Å². The molecule has 0 aromatic carbocycles. The van der Waals surface area contributed by atoms with Gasteiger partial charge in [0.1, 0.15) is 0 Å². The van der Waals surface area contributed by atoms with Crippen LogP contribution in [0.25, 0.3) is 0 Å². The molecule has 1 saturated heterocycles. The fourth-order valence-electron chi connectivity index (χ4n) is 1.25. The van der Waals surface area contributed by atoms with E-state index in [1.807, 2.05) is 6.92 Å². The van der Waals surface area contributed by atoms with Gasteiger partial charge in [0.25, 0.3) is 0 Å². The fourth-order valence-corrected chi connectivity index (χ4v) is 1.25. The van der Waals surface area contributed by atoms with Gasteiger partial charge in [-0.25, -0.2) is 0 Å². The summed E-state index contributed by atoms with van der Waals surface area (Å²) >= 11 is 0. The maximum absolute atomic E-state index is 9.17. The molecule has 0 aliphatic carbocycles. The second-order valence-corrected chi connectivity index (χ2v) is 2.88. The number of nitrogens with zero attached hydrogens (tertiary/aromatic N) is 1. The van der Waals surface area contributed by atoms with Crippen molar-refractivity contribution >= 4 is 0 Å². The molecule has 0 unspecified atom stereocenters. The van der Waals surface area contributed by atoms with Crippen molar-refractivity contribution in [1.82, 2.24) is 4.90 Å². The van der Waals surface area contributed by atoms with Crippen LogP contribution >= 0.6 is 0 Å². The molecule has 0 aromatic heterocycles. The largest absolute Gasteiger partial charge is 0.392 e. The number of aliphatic hydroxyl groups is 1. The summed E-state index contributed by atoms with van der Waals surface area (Å²) in [4.78, 5) is 2.19. The van der Waals surface area contributed by atoms with Crippen molar-refractivity contribution in [3.8, 4) is 11.8 Å². The first-order valence-electron chi connectivity index (χ1n) is 4.19. The highest BCUT2D eigenvalue weighted by Crippen LogP contribution is 2.06.